The third-order valence-corrected chi connectivity index (χ3v) is 5.24. The van der Waals surface area contributed by atoms with Crippen LogP contribution >= 0.6 is 0 Å². The summed E-state index contributed by atoms with van der Waals surface area (Å²) in [5, 5.41) is 4.42. The summed E-state index contributed by atoms with van der Waals surface area (Å²) in [4.78, 5) is 28.9. The molecule has 0 saturated heterocycles. The van der Waals surface area contributed by atoms with E-state index >= 15 is 0 Å². The second-order valence-corrected chi connectivity index (χ2v) is 7.82. The first-order valence-electron chi connectivity index (χ1n) is 10.6. The average Bonchev–Trinajstić information content (AvgIpc) is 3.49. The van der Waals surface area contributed by atoms with Gasteiger partial charge in [-0.25, -0.2) is 15.0 Å². The van der Waals surface area contributed by atoms with Gasteiger partial charge in [0.2, 0.25) is 0 Å². The normalized spacial score (nSPS) is 13.1. The Labute approximate surface area is 184 Å². The van der Waals surface area contributed by atoms with E-state index in [9.17, 15) is 4.79 Å². The standard InChI is InChI=1S/C15H18N2O.C7H8N6O/c1-3-5-13-16-12-7-4-6-10(2)14(12)15(18)17(13)11-8-9-11;1-3-12-7(14-13-3)4-5(8)10-2-11-6(4)9/h4,6-7,11H,3,5,8-9H2,1-2H3;2H,1H3,(H4,8,9,10,11). The molecule has 0 aliphatic heterocycles. The Morgan fingerprint density at radius 1 is 1.12 bits per heavy atom. The second-order valence-electron chi connectivity index (χ2n) is 7.82. The number of benzene rings is 1. The van der Waals surface area contributed by atoms with Gasteiger partial charge in [-0.3, -0.25) is 9.36 Å². The molecule has 1 aliphatic rings. The van der Waals surface area contributed by atoms with E-state index in [1.54, 1.807) is 6.92 Å². The van der Waals surface area contributed by atoms with Gasteiger partial charge in [0, 0.05) is 12.5 Å². The van der Waals surface area contributed by atoms with Crippen LogP contribution in [0.5, 0.6) is 0 Å². The zero-order chi connectivity index (χ0) is 22.8. The van der Waals surface area contributed by atoms with Crippen molar-refractivity contribution < 1.29 is 4.52 Å². The minimum atomic E-state index is 0.157. The molecule has 10 nitrogen and oxygen atoms in total. The Balaban J connectivity index is 0.000000158. The Morgan fingerprint density at radius 3 is 2.44 bits per heavy atom. The maximum Gasteiger partial charge on any atom is 0.265 e. The fourth-order valence-corrected chi connectivity index (χ4v) is 3.59. The Morgan fingerprint density at radius 2 is 1.84 bits per heavy atom. The molecular weight excluding hydrogens is 408 g/mol. The van der Waals surface area contributed by atoms with Crippen LogP contribution in [0.3, 0.4) is 0 Å². The highest BCUT2D eigenvalue weighted by Crippen LogP contribution is 2.35. The van der Waals surface area contributed by atoms with Crippen LogP contribution in [0.25, 0.3) is 22.4 Å². The Kier molecular flexibility index (Phi) is 5.85. The number of rotatable bonds is 4. The maximum atomic E-state index is 12.6. The summed E-state index contributed by atoms with van der Waals surface area (Å²) < 4.78 is 6.85. The molecule has 10 heteroatoms. The van der Waals surface area contributed by atoms with Crippen molar-refractivity contribution in [1.82, 2.24) is 29.7 Å². The lowest BCUT2D eigenvalue weighted by Gasteiger charge is -2.13. The summed E-state index contributed by atoms with van der Waals surface area (Å²) in [6.45, 7) is 5.81. The van der Waals surface area contributed by atoms with Crippen LogP contribution in [0.1, 0.15) is 49.4 Å². The summed E-state index contributed by atoms with van der Waals surface area (Å²) in [5.74, 6) is 2.14. The minimum absolute atomic E-state index is 0.157. The fourth-order valence-electron chi connectivity index (χ4n) is 3.59. The average molecular weight is 435 g/mol. The molecule has 1 fully saturated rings. The molecule has 3 aromatic heterocycles. The number of anilines is 2. The SMILES string of the molecule is CCCc1nc2cccc(C)c2c(=O)n1C1CC1.Cc1noc(-c2c(N)ncnc2N)n1. The monoisotopic (exact) mass is 434 g/mol. The number of nitrogens with zero attached hydrogens (tertiary/aromatic N) is 6. The van der Waals surface area contributed by atoms with Crippen LogP contribution in [0.4, 0.5) is 11.6 Å². The first kappa shape index (κ1) is 21.4. The van der Waals surface area contributed by atoms with Crippen LogP contribution in [-0.2, 0) is 6.42 Å². The third kappa shape index (κ3) is 4.16. The molecule has 1 saturated carbocycles. The molecule has 32 heavy (non-hydrogen) atoms. The second kappa shape index (κ2) is 8.74. The van der Waals surface area contributed by atoms with E-state index in [-0.39, 0.29) is 23.1 Å². The zero-order valence-corrected chi connectivity index (χ0v) is 18.4. The number of hydrogen-bond acceptors (Lipinski definition) is 9. The quantitative estimate of drug-likeness (QED) is 0.493. The number of fused-ring (bicyclic) bond motifs is 1. The zero-order valence-electron chi connectivity index (χ0n) is 18.4. The summed E-state index contributed by atoms with van der Waals surface area (Å²) in [6.07, 6.45) is 5.43. The van der Waals surface area contributed by atoms with Gasteiger partial charge in [-0.2, -0.15) is 4.98 Å². The molecule has 1 aliphatic carbocycles. The highest BCUT2D eigenvalue weighted by molar-refractivity contribution is 5.81. The van der Waals surface area contributed by atoms with Gasteiger partial charge in [0.25, 0.3) is 11.4 Å². The van der Waals surface area contributed by atoms with E-state index in [2.05, 4.69) is 27.0 Å². The molecule has 166 valence electrons. The highest BCUT2D eigenvalue weighted by atomic mass is 16.5. The lowest BCUT2D eigenvalue weighted by Crippen LogP contribution is -2.25. The number of hydrogen-bond donors (Lipinski definition) is 2. The van der Waals surface area contributed by atoms with Crippen molar-refractivity contribution in [3.63, 3.8) is 0 Å². The lowest BCUT2D eigenvalue weighted by molar-refractivity contribution is 0.425. The van der Waals surface area contributed by atoms with Crippen molar-refractivity contribution in [3.05, 3.63) is 52.1 Å². The van der Waals surface area contributed by atoms with Crippen LogP contribution in [0, 0.1) is 13.8 Å². The molecule has 0 bridgehead atoms. The van der Waals surface area contributed by atoms with E-state index in [1.165, 1.54) is 6.33 Å². The van der Waals surface area contributed by atoms with Gasteiger partial charge in [0.1, 0.15) is 29.4 Å². The molecular formula is C22H26N8O2. The Bertz CT molecular complexity index is 1300. The Hall–Kier alpha value is -3.82. The van der Waals surface area contributed by atoms with Crippen LogP contribution in [0.15, 0.2) is 33.8 Å². The molecule has 1 aromatic carbocycles. The topological polar surface area (TPSA) is 152 Å². The maximum absolute atomic E-state index is 12.6. The minimum Gasteiger partial charge on any atom is -0.383 e. The number of nitrogen functional groups attached to an aromatic ring is 2. The van der Waals surface area contributed by atoms with Gasteiger partial charge in [0.15, 0.2) is 5.82 Å². The molecule has 0 unspecified atom stereocenters. The fraction of sp³-hybridized carbons (Fsp3) is 0.364. The van der Waals surface area contributed by atoms with Crippen LogP contribution < -0.4 is 17.0 Å². The van der Waals surface area contributed by atoms with Crippen LogP contribution in [0.2, 0.25) is 0 Å². The van der Waals surface area contributed by atoms with Crippen molar-refractivity contribution in [2.75, 3.05) is 11.5 Å². The van der Waals surface area contributed by atoms with E-state index in [1.807, 2.05) is 29.7 Å². The molecule has 0 amide bonds. The lowest BCUT2D eigenvalue weighted by atomic mass is 10.1. The van der Waals surface area contributed by atoms with Crippen molar-refractivity contribution in [2.45, 2.75) is 52.5 Å². The van der Waals surface area contributed by atoms with Gasteiger partial charge in [-0.15, -0.1) is 0 Å². The smallest absolute Gasteiger partial charge is 0.265 e. The third-order valence-electron chi connectivity index (χ3n) is 5.24. The summed E-state index contributed by atoms with van der Waals surface area (Å²) in [6, 6.07) is 6.30. The van der Waals surface area contributed by atoms with E-state index in [0.717, 1.165) is 48.0 Å². The molecule has 0 spiro atoms. The van der Waals surface area contributed by atoms with Gasteiger partial charge in [-0.05, 0) is 44.7 Å². The van der Waals surface area contributed by atoms with E-state index < -0.39 is 0 Å². The predicted molar refractivity (Wildman–Crippen MR) is 122 cm³/mol. The first-order valence-corrected chi connectivity index (χ1v) is 10.6. The number of nitrogens with two attached hydrogens (primary N) is 2. The summed E-state index contributed by atoms with van der Waals surface area (Å²) in [5.41, 5.74) is 13.6. The van der Waals surface area contributed by atoms with Gasteiger partial charge >= 0.3 is 0 Å². The van der Waals surface area contributed by atoms with Gasteiger partial charge in [0.05, 0.1) is 10.9 Å². The first-order chi connectivity index (χ1) is 15.4. The van der Waals surface area contributed by atoms with Crippen molar-refractivity contribution in [1.29, 1.82) is 0 Å². The van der Waals surface area contributed by atoms with Crippen molar-refractivity contribution in [2.24, 2.45) is 0 Å². The summed E-state index contributed by atoms with van der Waals surface area (Å²) >= 11 is 0. The molecule has 0 radical (unpaired) electrons. The highest BCUT2D eigenvalue weighted by Gasteiger charge is 2.28. The van der Waals surface area contributed by atoms with Gasteiger partial charge < -0.3 is 16.0 Å². The summed E-state index contributed by atoms with van der Waals surface area (Å²) in [7, 11) is 0. The van der Waals surface area contributed by atoms with Crippen molar-refractivity contribution >= 4 is 22.5 Å². The molecule has 3 heterocycles. The molecule has 4 N–H and O–H groups in total. The number of aromatic nitrogens is 6. The van der Waals surface area contributed by atoms with E-state index in [4.69, 9.17) is 21.0 Å². The largest absolute Gasteiger partial charge is 0.383 e. The van der Waals surface area contributed by atoms with Crippen LogP contribution in [-0.4, -0.2) is 29.7 Å². The molecule has 5 rings (SSSR count). The van der Waals surface area contributed by atoms with Crippen molar-refractivity contribution in [3.8, 4) is 11.5 Å². The van der Waals surface area contributed by atoms with E-state index in [0.29, 0.717) is 17.4 Å². The number of aryl methyl sites for hydroxylation is 3. The van der Waals surface area contributed by atoms with Gasteiger partial charge in [-0.1, -0.05) is 24.2 Å². The predicted octanol–water partition coefficient (Wildman–Crippen LogP) is 2.99. The molecule has 4 aromatic rings. The molecule has 0 atom stereocenters.